The minimum absolute atomic E-state index is 0.0428. The number of hydrogen-bond acceptors (Lipinski definition) is 2. The average Bonchev–Trinajstić information content (AvgIpc) is 2.39. The number of pyridine rings is 1. The maximum Gasteiger partial charge on any atom is 0.255 e. The van der Waals surface area contributed by atoms with Gasteiger partial charge in [0.05, 0.1) is 11.1 Å². The molecule has 4 heteroatoms. The molecule has 2 rings (SSSR count). The zero-order chi connectivity index (χ0) is 13.1. The molecular weight excluding hydrogens is 231 g/mol. The Bertz CT molecular complexity index is 579. The largest absolute Gasteiger partial charge is 0.339 e. The Kier molecular flexibility index (Phi) is 3.55. The van der Waals surface area contributed by atoms with Gasteiger partial charge >= 0.3 is 0 Å². The molecule has 0 aliphatic rings. The summed E-state index contributed by atoms with van der Waals surface area (Å²) < 4.78 is 13.0. The van der Waals surface area contributed by atoms with Crippen molar-refractivity contribution in [1.82, 2.24) is 9.88 Å². The minimum atomic E-state index is -0.321. The highest BCUT2D eigenvalue weighted by Crippen LogP contribution is 2.15. The van der Waals surface area contributed by atoms with Crippen LogP contribution in [-0.2, 0) is 0 Å². The van der Waals surface area contributed by atoms with Crippen molar-refractivity contribution >= 4 is 16.8 Å². The molecule has 1 amide bonds. The highest BCUT2D eigenvalue weighted by Gasteiger charge is 2.13. The van der Waals surface area contributed by atoms with Crippen molar-refractivity contribution in [2.24, 2.45) is 0 Å². The molecule has 3 nitrogen and oxygen atoms in total. The molecule has 18 heavy (non-hydrogen) atoms. The summed E-state index contributed by atoms with van der Waals surface area (Å²) in [6, 6.07) is 6.12. The lowest BCUT2D eigenvalue weighted by Crippen LogP contribution is -2.30. The van der Waals surface area contributed by atoms with E-state index in [4.69, 9.17) is 0 Å². The van der Waals surface area contributed by atoms with E-state index < -0.39 is 0 Å². The Balaban J connectivity index is 2.41. The first-order valence-corrected chi connectivity index (χ1v) is 6.00. The average molecular weight is 246 g/mol. The molecule has 0 fully saturated rings. The Labute approximate surface area is 105 Å². The smallest absolute Gasteiger partial charge is 0.255 e. The lowest BCUT2D eigenvalue weighted by molar-refractivity contribution is 0.0773. The van der Waals surface area contributed by atoms with Crippen LogP contribution in [0.5, 0.6) is 0 Å². The molecule has 0 saturated heterocycles. The second-order valence-electron chi connectivity index (χ2n) is 4.04. The van der Waals surface area contributed by atoms with E-state index in [0.29, 0.717) is 24.2 Å². The Morgan fingerprint density at radius 2 is 2.00 bits per heavy atom. The molecule has 1 heterocycles. The summed E-state index contributed by atoms with van der Waals surface area (Å²) in [6.07, 6.45) is 1.50. The van der Waals surface area contributed by atoms with Gasteiger partial charge in [-0.3, -0.25) is 9.78 Å². The van der Waals surface area contributed by atoms with E-state index in [1.807, 2.05) is 13.8 Å². The fraction of sp³-hybridized carbons (Fsp3) is 0.286. The van der Waals surface area contributed by atoms with Crippen LogP contribution in [0.3, 0.4) is 0 Å². The van der Waals surface area contributed by atoms with E-state index >= 15 is 0 Å². The predicted molar refractivity (Wildman–Crippen MR) is 69.0 cm³/mol. The van der Waals surface area contributed by atoms with Gasteiger partial charge in [0.15, 0.2) is 0 Å². The molecule has 0 unspecified atom stereocenters. The zero-order valence-corrected chi connectivity index (χ0v) is 10.5. The van der Waals surface area contributed by atoms with Gasteiger partial charge in [-0.15, -0.1) is 0 Å². The van der Waals surface area contributed by atoms with Crippen molar-refractivity contribution in [1.29, 1.82) is 0 Å². The van der Waals surface area contributed by atoms with Crippen molar-refractivity contribution in [3.63, 3.8) is 0 Å². The van der Waals surface area contributed by atoms with Crippen LogP contribution in [-0.4, -0.2) is 28.9 Å². The molecule has 0 bridgehead atoms. The number of aromatic nitrogens is 1. The van der Waals surface area contributed by atoms with Crippen LogP contribution in [0.1, 0.15) is 24.2 Å². The van der Waals surface area contributed by atoms with Crippen molar-refractivity contribution in [3.05, 3.63) is 41.8 Å². The lowest BCUT2D eigenvalue weighted by atomic mass is 10.1. The van der Waals surface area contributed by atoms with Crippen molar-refractivity contribution in [2.45, 2.75) is 13.8 Å². The highest BCUT2D eigenvalue weighted by molar-refractivity contribution is 5.97. The van der Waals surface area contributed by atoms with Gasteiger partial charge in [0.1, 0.15) is 5.82 Å². The molecule has 0 aliphatic heterocycles. The van der Waals surface area contributed by atoms with Crippen LogP contribution in [0.4, 0.5) is 4.39 Å². The predicted octanol–water partition coefficient (Wildman–Crippen LogP) is 2.86. The zero-order valence-electron chi connectivity index (χ0n) is 10.5. The second kappa shape index (κ2) is 5.12. The van der Waals surface area contributed by atoms with Gasteiger partial charge in [-0.25, -0.2) is 4.39 Å². The third-order valence-electron chi connectivity index (χ3n) is 2.94. The van der Waals surface area contributed by atoms with Crippen LogP contribution < -0.4 is 0 Å². The van der Waals surface area contributed by atoms with E-state index in [1.165, 1.54) is 18.3 Å². The van der Waals surface area contributed by atoms with Crippen molar-refractivity contribution in [2.75, 3.05) is 13.1 Å². The van der Waals surface area contributed by atoms with Gasteiger partial charge in [0.25, 0.3) is 5.91 Å². The van der Waals surface area contributed by atoms with E-state index in [9.17, 15) is 9.18 Å². The van der Waals surface area contributed by atoms with Crippen LogP contribution in [0.15, 0.2) is 30.5 Å². The molecule has 0 aliphatic carbocycles. The number of rotatable bonds is 3. The summed E-state index contributed by atoms with van der Waals surface area (Å²) in [5, 5.41) is 0.773. The van der Waals surface area contributed by atoms with Gasteiger partial charge in [-0.1, -0.05) is 0 Å². The fourth-order valence-electron chi connectivity index (χ4n) is 1.90. The molecular formula is C14H15FN2O. The fourth-order valence-corrected chi connectivity index (χ4v) is 1.90. The van der Waals surface area contributed by atoms with Crippen LogP contribution in [0, 0.1) is 5.82 Å². The third-order valence-corrected chi connectivity index (χ3v) is 2.94. The third kappa shape index (κ3) is 2.32. The number of nitrogens with zero attached hydrogens (tertiary/aromatic N) is 2. The number of fused-ring (bicyclic) bond motifs is 1. The molecule has 0 spiro atoms. The van der Waals surface area contributed by atoms with Gasteiger partial charge in [0, 0.05) is 30.7 Å². The van der Waals surface area contributed by atoms with Gasteiger partial charge in [-0.05, 0) is 32.0 Å². The Morgan fingerprint density at radius 1 is 1.28 bits per heavy atom. The highest BCUT2D eigenvalue weighted by atomic mass is 19.1. The van der Waals surface area contributed by atoms with E-state index in [2.05, 4.69) is 4.98 Å². The molecule has 2 aromatic rings. The maximum atomic E-state index is 13.0. The summed E-state index contributed by atoms with van der Waals surface area (Å²) in [4.78, 5) is 18.0. The number of carbonyl (C=O) groups excluding carboxylic acids is 1. The summed E-state index contributed by atoms with van der Waals surface area (Å²) in [7, 11) is 0. The van der Waals surface area contributed by atoms with E-state index in [1.54, 1.807) is 17.0 Å². The molecule has 0 N–H and O–H groups in total. The summed E-state index contributed by atoms with van der Waals surface area (Å²) in [5.74, 6) is -0.364. The summed E-state index contributed by atoms with van der Waals surface area (Å²) >= 11 is 0. The van der Waals surface area contributed by atoms with Gasteiger partial charge in [-0.2, -0.15) is 0 Å². The molecule has 0 radical (unpaired) electrons. The number of amides is 1. The standard InChI is InChI=1S/C14H15FN2O/c1-3-17(4-2)14(18)11-7-10-5-6-12(15)8-13(10)16-9-11/h5-9H,3-4H2,1-2H3. The SMILES string of the molecule is CCN(CC)C(=O)c1cnc2cc(F)ccc2c1. The summed E-state index contributed by atoms with van der Waals surface area (Å²) in [5.41, 5.74) is 1.10. The van der Waals surface area contributed by atoms with E-state index in [0.717, 1.165) is 5.39 Å². The number of halogens is 1. The van der Waals surface area contributed by atoms with Crippen LogP contribution in [0.25, 0.3) is 10.9 Å². The normalized spacial score (nSPS) is 10.6. The van der Waals surface area contributed by atoms with Crippen LogP contribution in [0.2, 0.25) is 0 Å². The summed E-state index contributed by atoms with van der Waals surface area (Å²) in [6.45, 7) is 5.20. The number of hydrogen-bond donors (Lipinski definition) is 0. The topological polar surface area (TPSA) is 33.2 Å². The van der Waals surface area contributed by atoms with Crippen molar-refractivity contribution in [3.8, 4) is 0 Å². The van der Waals surface area contributed by atoms with Crippen LogP contribution >= 0.6 is 0 Å². The molecule has 1 aromatic carbocycles. The maximum absolute atomic E-state index is 13.0. The Morgan fingerprint density at radius 3 is 2.67 bits per heavy atom. The number of benzene rings is 1. The quantitative estimate of drug-likeness (QED) is 0.834. The monoisotopic (exact) mass is 246 g/mol. The number of carbonyl (C=O) groups is 1. The van der Waals surface area contributed by atoms with Gasteiger partial charge < -0.3 is 4.90 Å². The first kappa shape index (κ1) is 12.5. The molecule has 0 saturated carbocycles. The first-order chi connectivity index (χ1) is 8.65. The van der Waals surface area contributed by atoms with Crippen molar-refractivity contribution < 1.29 is 9.18 Å². The molecule has 0 atom stereocenters. The Hall–Kier alpha value is -1.97. The molecule has 1 aromatic heterocycles. The molecule has 94 valence electrons. The van der Waals surface area contributed by atoms with Gasteiger partial charge in [0.2, 0.25) is 0 Å². The second-order valence-corrected chi connectivity index (χ2v) is 4.04. The minimum Gasteiger partial charge on any atom is -0.339 e. The first-order valence-electron chi connectivity index (χ1n) is 6.00. The van der Waals surface area contributed by atoms with E-state index in [-0.39, 0.29) is 11.7 Å². The lowest BCUT2D eigenvalue weighted by Gasteiger charge is -2.18.